The van der Waals surface area contributed by atoms with Crippen LogP contribution >= 0.6 is 11.6 Å². The Morgan fingerprint density at radius 3 is 2.58 bits per heavy atom. The van der Waals surface area contributed by atoms with Crippen LogP contribution < -0.4 is 5.32 Å². The van der Waals surface area contributed by atoms with E-state index in [0.717, 1.165) is 19.6 Å². The number of benzene rings is 1. The maximum Gasteiger partial charge on any atom is 0.129 e. The summed E-state index contributed by atoms with van der Waals surface area (Å²) < 4.78 is 13.8. The molecule has 1 unspecified atom stereocenters. The fourth-order valence-corrected chi connectivity index (χ4v) is 2.15. The van der Waals surface area contributed by atoms with Crippen molar-refractivity contribution in [1.29, 1.82) is 0 Å². The maximum absolute atomic E-state index is 13.8. The van der Waals surface area contributed by atoms with Gasteiger partial charge in [0.15, 0.2) is 0 Å². The smallest absolute Gasteiger partial charge is 0.129 e. The van der Waals surface area contributed by atoms with E-state index in [1.54, 1.807) is 12.1 Å². The van der Waals surface area contributed by atoms with E-state index in [2.05, 4.69) is 24.1 Å². The number of nitrogens with zero attached hydrogens (tertiary/aromatic N) is 1. The minimum Gasteiger partial charge on any atom is -0.394 e. The average molecular weight is 289 g/mol. The largest absolute Gasteiger partial charge is 0.394 e. The summed E-state index contributed by atoms with van der Waals surface area (Å²) in [6.07, 6.45) is 0. The number of aliphatic hydroxyl groups excluding tert-OH is 1. The van der Waals surface area contributed by atoms with Crippen LogP contribution in [-0.4, -0.2) is 42.8 Å². The Morgan fingerprint density at radius 2 is 2.05 bits per heavy atom. The quantitative estimate of drug-likeness (QED) is 0.771. The predicted octanol–water partition coefficient (Wildman–Crippen LogP) is 2.44. The first-order valence-electron chi connectivity index (χ1n) is 6.63. The fourth-order valence-electron chi connectivity index (χ4n) is 1.99. The first kappa shape index (κ1) is 16.4. The molecule has 3 nitrogen and oxygen atoms in total. The van der Waals surface area contributed by atoms with Crippen molar-refractivity contribution in [3.63, 3.8) is 0 Å². The molecule has 0 saturated carbocycles. The minimum atomic E-state index is -0.396. The van der Waals surface area contributed by atoms with E-state index in [0.29, 0.717) is 17.1 Å². The van der Waals surface area contributed by atoms with E-state index in [4.69, 9.17) is 11.6 Å². The van der Waals surface area contributed by atoms with Gasteiger partial charge in [-0.1, -0.05) is 31.5 Å². The van der Waals surface area contributed by atoms with Crippen molar-refractivity contribution < 1.29 is 9.50 Å². The Labute approximate surface area is 119 Å². The van der Waals surface area contributed by atoms with Crippen molar-refractivity contribution in [2.45, 2.75) is 19.9 Å². The third-order valence-electron chi connectivity index (χ3n) is 3.23. The van der Waals surface area contributed by atoms with Gasteiger partial charge in [-0.25, -0.2) is 4.39 Å². The Morgan fingerprint density at radius 1 is 1.37 bits per heavy atom. The van der Waals surface area contributed by atoms with Crippen LogP contribution in [0.5, 0.6) is 0 Å². The van der Waals surface area contributed by atoms with Crippen LogP contribution in [0.2, 0.25) is 5.02 Å². The summed E-state index contributed by atoms with van der Waals surface area (Å²) in [5.41, 5.74) is 0.450. The molecule has 0 radical (unpaired) electrons. The number of hydrogen-bond donors (Lipinski definition) is 2. The SMILES string of the molecule is CCN(CC)CCNC(CO)c1ccc(Cl)cc1F. The first-order chi connectivity index (χ1) is 9.12. The van der Waals surface area contributed by atoms with Gasteiger partial charge >= 0.3 is 0 Å². The molecule has 1 aromatic rings. The highest BCUT2D eigenvalue weighted by molar-refractivity contribution is 6.30. The maximum atomic E-state index is 13.8. The van der Waals surface area contributed by atoms with Crippen LogP contribution in [-0.2, 0) is 0 Å². The van der Waals surface area contributed by atoms with Crippen LogP contribution in [0.3, 0.4) is 0 Å². The summed E-state index contributed by atoms with van der Waals surface area (Å²) in [5, 5.41) is 12.9. The molecule has 0 aromatic heterocycles. The molecule has 0 amide bonds. The van der Waals surface area contributed by atoms with Gasteiger partial charge in [0, 0.05) is 23.7 Å². The topological polar surface area (TPSA) is 35.5 Å². The monoisotopic (exact) mass is 288 g/mol. The first-order valence-corrected chi connectivity index (χ1v) is 7.01. The van der Waals surface area contributed by atoms with Gasteiger partial charge < -0.3 is 15.3 Å². The molecule has 0 heterocycles. The number of rotatable bonds is 8. The van der Waals surface area contributed by atoms with Gasteiger partial charge in [0.05, 0.1) is 12.6 Å². The second kappa shape index (κ2) is 8.48. The van der Waals surface area contributed by atoms with E-state index < -0.39 is 6.04 Å². The fraction of sp³-hybridized carbons (Fsp3) is 0.571. The van der Waals surface area contributed by atoms with E-state index >= 15 is 0 Å². The van der Waals surface area contributed by atoms with Crippen molar-refractivity contribution >= 4 is 11.6 Å². The molecule has 0 aliphatic rings. The lowest BCUT2D eigenvalue weighted by Gasteiger charge is -2.22. The molecule has 1 aromatic carbocycles. The van der Waals surface area contributed by atoms with Gasteiger partial charge in [-0.05, 0) is 25.2 Å². The van der Waals surface area contributed by atoms with Gasteiger partial charge in [0.25, 0.3) is 0 Å². The Kier molecular flexibility index (Phi) is 7.31. The van der Waals surface area contributed by atoms with Crippen LogP contribution in [0.4, 0.5) is 4.39 Å². The molecule has 0 saturated heterocycles. The molecule has 0 aliphatic carbocycles. The normalized spacial score (nSPS) is 12.9. The highest BCUT2D eigenvalue weighted by atomic mass is 35.5. The molecular weight excluding hydrogens is 267 g/mol. The van der Waals surface area contributed by atoms with Crippen LogP contribution in [0.15, 0.2) is 18.2 Å². The predicted molar refractivity (Wildman–Crippen MR) is 77.0 cm³/mol. The van der Waals surface area contributed by atoms with Crippen LogP contribution in [0, 0.1) is 5.82 Å². The van der Waals surface area contributed by atoms with Crippen molar-refractivity contribution in [3.8, 4) is 0 Å². The van der Waals surface area contributed by atoms with Crippen molar-refractivity contribution in [2.75, 3.05) is 32.8 Å². The lowest BCUT2D eigenvalue weighted by atomic mass is 10.1. The minimum absolute atomic E-state index is 0.142. The molecule has 0 bridgehead atoms. The van der Waals surface area contributed by atoms with E-state index in [-0.39, 0.29) is 12.4 Å². The van der Waals surface area contributed by atoms with E-state index in [1.165, 1.54) is 6.07 Å². The Hall–Kier alpha value is -0.680. The van der Waals surface area contributed by atoms with Crippen molar-refractivity contribution in [2.24, 2.45) is 0 Å². The van der Waals surface area contributed by atoms with Gasteiger partial charge in [-0.3, -0.25) is 0 Å². The average Bonchev–Trinajstić information content (AvgIpc) is 2.40. The summed E-state index contributed by atoms with van der Waals surface area (Å²) in [4.78, 5) is 2.26. The molecule has 108 valence electrons. The Balaban J connectivity index is 2.58. The molecule has 5 heteroatoms. The second-order valence-electron chi connectivity index (χ2n) is 4.38. The highest BCUT2D eigenvalue weighted by Crippen LogP contribution is 2.20. The van der Waals surface area contributed by atoms with Gasteiger partial charge in [0.2, 0.25) is 0 Å². The number of hydrogen-bond acceptors (Lipinski definition) is 3. The molecule has 0 spiro atoms. The zero-order valence-electron chi connectivity index (χ0n) is 11.5. The third kappa shape index (κ3) is 5.07. The third-order valence-corrected chi connectivity index (χ3v) is 3.47. The number of aliphatic hydroxyl groups is 1. The summed E-state index contributed by atoms with van der Waals surface area (Å²) in [6.45, 7) is 7.61. The molecule has 0 fully saturated rings. The van der Waals surface area contributed by atoms with Gasteiger partial charge in [-0.2, -0.15) is 0 Å². The number of halogens is 2. The molecule has 1 atom stereocenters. The summed E-state index contributed by atoms with van der Waals surface area (Å²) in [5.74, 6) is -0.387. The number of nitrogens with one attached hydrogen (secondary N) is 1. The zero-order valence-corrected chi connectivity index (χ0v) is 12.3. The molecule has 2 N–H and O–H groups in total. The summed E-state index contributed by atoms with van der Waals surface area (Å²) in [6, 6.07) is 4.12. The van der Waals surface area contributed by atoms with Crippen molar-refractivity contribution in [1.82, 2.24) is 10.2 Å². The highest BCUT2D eigenvalue weighted by Gasteiger charge is 2.14. The van der Waals surface area contributed by atoms with Gasteiger partial charge in [-0.15, -0.1) is 0 Å². The van der Waals surface area contributed by atoms with Crippen LogP contribution in [0.1, 0.15) is 25.5 Å². The van der Waals surface area contributed by atoms with Crippen molar-refractivity contribution in [3.05, 3.63) is 34.6 Å². The molecular formula is C14H22ClFN2O. The van der Waals surface area contributed by atoms with Gasteiger partial charge in [0.1, 0.15) is 5.82 Å². The lowest BCUT2D eigenvalue weighted by molar-refractivity contribution is 0.231. The second-order valence-corrected chi connectivity index (χ2v) is 4.82. The number of likely N-dealkylation sites (N-methyl/N-ethyl adjacent to an activating group) is 1. The zero-order chi connectivity index (χ0) is 14.3. The standard InChI is InChI=1S/C14H22ClFN2O/c1-3-18(4-2)8-7-17-14(10-19)12-6-5-11(15)9-13(12)16/h5-6,9,14,17,19H,3-4,7-8,10H2,1-2H3. The van der Waals surface area contributed by atoms with E-state index in [9.17, 15) is 9.50 Å². The molecule has 0 aliphatic heterocycles. The summed E-state index contributed by atoms with van der Waals surface area (Å²) in [7, 11) is 0. The van der Waals surface area contributed by atoms with E-state index in [1.807, 2.05) is 0 Å². The molecule has 19 heavy (non-hydrogen) atoms. The summed E-state index contributed by atoms with van der Waals surface area (Å²) >= 11 is 5.72. The molecule has 1 rings (SSSR count). The van der Waals surface area contributed by atoms with Crippen LogP contribution in [0.25, 0.3) is 0 Å². The lowest BCUT2D eigenvalue weighted by Crippen LogP contribution is -2.35. The Bertz CT molecular complexity index is 386.